The molecule has 1 saturated heterocycles. The van der Waals surface area contributed by atoms with E-state index in [0.29, 0.717) is 23.5 Å². The Hall–Kier alpha value is -4.13. The summed E-state index contributed by atoms with van der Waals surface area (Å²) in [7, 11) is 0. The lowest BCUT2D eigenvalue weighted by Crippen LogP contribution is -2.29. The second-order valence-corrected chi connectivity index (χ2v) is 8.32. The summed E-state index contributed by atoms with van der Waals surface area (Å²) in [6.07, 6.45) is 3.10. The fraction of sp³-hybridized carbons (Fsp3) is 0.214. The third-order valence-electron chi connectivity index (χ3n) is 5.88. The van der Waals surface area contributed by atoms with E-state index in [2.05, 4.69) is 6.92 Å². The molecule has 0 spiro atoms. The molecule has 0 bridgehead atoms. The standard InChI is InChI=1S/C28H26FNO5/c1-2-3-4-16-35-23-14-10-19(11-15-23)26(32)24-25(18-8-12-22(31)13-9-18)30(28(34)27(24)33)21-7-5-6-20(29)17-21/h5-15,17,25,31-32H,2-4,16H2,1H3/b26-24+. The van der Waals surface area contributed by atoms with Crippen molar-refractivity contribution >= 4 is 23.1 Å². The Morgan fingerprint density at radius 3 is 2.37 bits per heavy atom. The predicted molar refractivity (Wildman–Crippen MR) is 131 cm³/mol. The van der Waals surface area contributed by atoms with Crippen molar-refractivity contribution in [2.75, 3.05) is 11.5 Å². The van der Waals surface area contributed by atoms with E-state index in [1.54, 1.807) is 36.4 Å². The maximum absolute atomic E-state index is 14.0. The van der Waals surface area contributed by atoms with Crippen LogP contribution in [0.4, 0.5) is 10.1 Å². The summed E-state index contributed by atoms with van der Waals surface area (Å²) >= 11 is 0. The first kappa shape index (κ1) is 24.0. The van der Waals surface area contributed by atoms with Crippen LogP contribution in [0.1, 0.15) is 43.4 Å². The van der Waals surface area contributed by atoms with Gasteiger partial charge in [-0.25, -0.2) is 4.39 Å². The molecule has 2 N–H and O–H groups in total. The summed E-state index contributed by atoms with van der Waals surface area (Å²) < 4.78 is 19.7. The Morgan fingerprint density at radius 1 is 1.00 bits per heavy atom. The number of nitrogens with zero attached hydrogens (tertiary/aromatic N) is 1. The Kier molecular flexibility index (Phi) is 7.15. The highest BCUT2D eigenvalue weighted by Crippen LogP contribution is 2.42. The molecule has 1 fully saturated rings. The summed E-state index contributed by atoms with van der Waals surface area (Å²) in [4.78, 5) is 27.4. The zero-order valence-corrected chi connectivity index (χ0v) is 19.3. The molecule has 180 valence electrons. The zero-order chi connectivity index (χ0) is 24.9. The molecule has 1 aliphatic rings. The van der Waals surface area contributed by atoms with Crippen molar-refractivity contribution in [2.45, 2.75) is 32.2 Å². The van der Waals surface area contributed by atoms with E-state index in [-0.39, 0.29) is 22.8 Å². The molecule has 0 radical (unpaired) electrons. The molecule has 4 rings (SSSR count). The lowest BCUT2D eigenvalue weighted by atomic mass is 9.95. The molecular weight excluding hydrogens is 449 g/mol. The molecule has 1 aliphatic heterocycles. The van der Waals surface area contributed by atoms with Crippen molar-refractivity contribution in [3.05, 3.63) is 95.3 Å². The number of aromatic hydroxyl groups is 1. The van der Waals surface area contributed by atoms with Crippen LogP contribution in [0.2, 0.25) is 0 Å². The number of hydrogen-bond acceptors (Lipinski definition) is 5. The number of carbonyl (C=O) groups is 2. The Bertz CT molecular complexity index is 1250. The molecular formula is C28H26FNO5. The van der Waals surface area contributed by atoms with Gasteiger partial charge in [0.25, 0.3) is 11.7 Å². The first-order chi connectivity index (χ1) is 16.9. The normalized spacial score (nSPS) is 17.1. The topological polar surface area (TPSA) is 87.1 Å². The van der Waals surface area contributed by atoms with Crippen LogP contribution in [0.5, 0.6) is 11.5 Å². The summed E-state index contributed by atoms with van der Waals surface area (Å²) in [6.45, 7) is 2.69. The number of carbonyl (C=O) groups excluding carboxylic acids is 2. The van der Waals surface area contributed by atoms with Crippen molar-refractivity contribution < 1.29 is 28.9 Å². The number of Topliss-reactive ketones (excluding diaryl/α,β-unsaturated/α-hetero) is 1. The van der Waals surface area contributed by atoms with Crippen LogP contribution < -0.4 is 9.64 Å². The van der Waals surface area contributed by atoms with E-state index in [1.807, 2.05) is 0 Å². The average Bonchev–Trinajstić information content (AvgIpc) is 3.12. The number of benzene rings is 3. The van der Waals surface area contributed by atoms with E-state index in [9.17, 15) is 24.2 Å². The van der Waals surface area contributed by atoms with Gasteiger partial charge in [0.2, 0.25) is 0 Å². The number of phenolic OH excluding ortho intramolecular Hbond substituents is 1. The summed E-state index contributed by atoms with van der Waals surface area (Å²) in [6, 6.07) is 16.9. The lowest BCUT2D eigenvalue weighted by Gasteiger charge is -2.25. The number of aliphatic hydroxyl groups is 1. The SMILES string of the molecule is CCCCCOc1ccc(/C(O)=C2\C(=O)C(=O)N(c3cccc(F)c3)C2c2ccc(O)cc2)cc1. The van der Waals surface area contributed by atoms with Crippen LogP contribution >= 0.6 is 0 Å². The molecule has 3 aromatic carbocycles. The van der Waals surface area contributed by atoms with E-state index in [4.69, 9.17) is 4.74 Å². The molecule has 7 heteroatoms. The van der Waals surface area contributed by atoms with E-state index < -0.39 is 23.5 Å². The first-order valence-electron chi connectivity index (χ1n) is 11.5. The second kappa shape index (κ2) is 10.4. The number of aliphatic hydroxyl groups excluding tert-OH is 1. The highest BCUT2D eigenvalue weighted by Gasteiger charge is 2.47. The van der Waals surface area contributed by atoms with Gasteiger partial charge in [-0.15, -0.1) is 0 Å². The minimum atomic E-state index is -1.01. The predicted octanol–water partition coefficient (Wildman–Crippen LogP) is 5.73. The summed E-state index contributed by atoms with van der Waals surface area (Å²) in [5, 5.41) is 20.9. The Balaban J connectivity index is 1.75. The van der Waals surface area contributed by atoms with Crippen molar-refractivity contribution in [1.82, 2.24) is 0 Å². The average molecular weight is 476 g/mol. The quantitative estimate of drug-likeness (QED) is 0.188. The van der Waals surface area contributed by atoms with Crippen molar-refractivity contribution in [3.8, 4) is 11.5 Å². The van der Waals surface area contributed by atoms with Crippen molar-refractivity contribution in [2.24, 2.45) is 0 Å². The van der Waals surface area contributed by atoms with Crippen LogP contribution in [0, 0.1) is 5.82 Å². The smallest absolute Gasteiger partial charge is 0.300 e. The lowest BCUT2D eigenvalue weighted by molar-refractivity contribution is -0.132. The molecule has 0 aliphatic carbocycles. The summed E-state index contributed by atoms with van der Waals surface area (Å²) in [5.41, 5.74) is 0.872. The fourth-order valence-corrected chi connectivity index (χ4v) is 4.10. The fourth-order valence-electron chi connectivity index (χ4n) is 4.10. The van der Waals surface area contributed by atoms with Crippen LogP contribution in [-0.4, -0.2) is 28.5 Å². The third-order valence-corrected chi connectivity index (χ3v) is 5.88. The number of ketones is 1. The molecule has 1 heterocycles. The Labute approximate surface area is 202 Å². The Morgan fingerprint density at radius 2 is 1.71 bits per heavy atom. The zero-order valence-electron chi connectivity index (χ0n) is 19.3. The maximum Gasteiger partial charge on any atom is 0.300 e. The van der Waals surface area contributed by atoms with Crippen molar-refractivity contribution in [3.63, 3.8) is 0 Å². The number of amides is 1. The van der Waals surface area contributed by atoms with Gasteiger partial charge < -0.3 is 14.9 Å². The van der Waals surface area contributed by atoms with Gasteiger partial charge in [0, 0.05) is 11.3 Å². The van der Waals surface area contributed by atoms with Gasteiger partial charge in [-0.1, -0.05) is 38.0 Å². The van der Waals surface area contributed by atoms with Gasteiger partial charge in [-0.3, -0.25) is 14.5 Å². The van der Waals surface area contributed by atoms with E-state index in [1.165, 1.54) is 30.3 Å². The minimum Gasteiger partial charge on any atom is -0.508 e. The molecule has 3 aromatic rings. The van der Waals surface area contributed by atoms with Gasteiger partial charge in [0.15, 0.2) is 0 Å². The second-order valence-electron chi connectivity index (χ2n) is 8.32. The monoisotopic (exact) mass is 475 g/mol. The third kappa shape index (κ3) is 5.04. The number of unbranched alkanes of at least 4 members (excludes halogenated alkanes) is 2. The summed E-state index contributed by atoms with van der Waals surface area (Å²) in [5.74, 6) is -2.05. The molecule has 1 amide bonds. The van der Waals surface area contributed by atoms with Gasteiger partial charge >= 0.3 is 0 Å². The van der Waals surface area contributed by atoms with Gasteiger partial charge in [0.1, 0.15) is 23.1 Å². The number of halogens is 1. The first-order valence-corrected chi connectivity index (χ1v) is 11.5. The molecule has 1 unspecified atom stereocenters. The molecule has 6 nitrogen and oxygen atoms in total. The largest absolute Gasteiger partial charge is 0.508 e. The van der Waals surface area contributed by atoms with E-state index in [0.717, 1.165) is 30.2 Å². The molecule has 0 saturated carbocycles. The van der Waals surface area contributed by atoms with E-state index >= 15 is 0 Å². The van der Waals surface area contributed by atoms with Crippen LogP contribution in [0.15, 0.2) is 78.4 Å². The number of ether oxygens (including phenoxy) is 1. The van der Waals surface area contributed by atoms with Gasteiger partial charge in [-0.05, 0) is 66.6 Å². The van der Waals surface area contributed by atoms with Crippen molar-refractivity contribution in [1.29, 1.82) is 0 Å². The van der Waals surface area contributed by atoms with Crippen LogP contribution in [-0.2, 0) is 9.59 Å². The number of anilines is 1. The maximum atomic E-state index is 14.0. The van der Waals surface area contributed by atoms with Gasteiger partial charge in [0.05, 0.1) is 18.2 Å². The minimum absolute atomic E-state index is 0.00554. The molecule has 1 atom stereocenters. The molecule has 0 aromatic heterocycles. The number of hydrogen-bond donors (Lipinski definition) is 2. The number of phenols is 1. The van der Waals surface area contributed by atoms with Gasteiger partial charge in [-0.2, -0.15) is 0 Å². The van der Waals surface area contributed by atoms with Crippen LogP contribution in [0.3, 0.4) is 0 Å². The molecule has 35 heavy (non-hydrogen) atoms. The highest BCUT2D eigenvalue weighted by atomic mass is 19.1. The number of rotatable bonds is 8. The highest BCUT2D eigenvalue weighted by molar-refractivity contribution is 6.51. The van der Waals surface area contributed by atoms with Crippen LogP contribution in [0.25, 0.3) is 5.76 Å².